The molecule has 1 N–H and O–H groups in total. The number of hydrogen-bond acceptors (Lipinski definition) is 2. The van der Waals surface area contributed by atoms with Crippen LogP contribution in [-0.2, 0) is 10.2 Å². The summed E-state index contributed by atoms with van der Waals surface area (Å²) in [5, 5.41) is 0. The first-order valence-corrected chi connectivity index (χ1v) is 3.55. The van der Waals surface area contributed by atoms with Crippen LogP contribution in [0.15, 0.2) is 0 Å². The summed E-state index contributed by atoms with van der Waals surface area (Å²) in [7, 11) is 1.15. The van der Waals surface area contributed by atoms with Crippen LogP contribution < -0.4 is 4.72 Å². The molecule has 0 saturated heterocycles. The fraction of sp³-hybridized carbons (Fsp3) is 1.00. The van der Waals surface area contributed by atoms with Gasteiger partial charge in [-0.3, -0.25) is 0 Å². The molecule has 0 aliphatic rings. The van der Waals surface area contributed by atoms with E-state index >= 15 is 0 Å². The van der Waals surface area contributed by atoms with E-state index in [9.17, 15) is 8.42 Å². The summed E-state index contributed by atoms with van der Waals surface area (Å²) in [6.07, 6.45) is 0. The van der Waals surface area contributed by atoms with E-state index in [1.165, 1.54) is 21.1 Å². The van der Waals surface area contributed by atoms with Crippen molar-refractivity contribution in [2.45, 2.75) is 0 Å². The van der Waals surface area contributed by atoms with Gasteiger partial charge in [-0.25, -0.2) is 4.72 Å². The Balaban J connectivity index is 4.17. The minimum Gasteiger partial charge on any atom is -0.205 e. The molecule has 5 heteroatoms. The highest BCUT2D eigenvalue weighted by atomic mass is 32.2. The van der Waals surface area contributed by atoms with Crippen molar-refractivity contribution in [2.24, 2.45) is 0 Å². The van der Waals surface area contributed by atoms with Gasteiger partial charge in [-0.1, -0.05) is 0 Å². The van der Waals surface area contributed by atoms with Gasteiger partial charge in [-0.15, -0.1) is 0 Å². The van der Waals surface area contributed by atoms with Crippen molar-refractivity contribution in [3.63, 3.8) is 0 Å². The lowest BCUT2D eigenvalue weighted by atomic mass is 11.3. The van der Waals surface area contributed by atoms with Crippen molar-refractivity contribution >= 4 is 10.2 Å². The second-order valence-corrected chi connectivity index (χ2v) is 3.58. The average molecular weight is 138 g/mol. The summed E-state index contributed by atoms with van der Waals surface area (Å²) >= 11 is 0. The maximum Gasteiger partial charge on any atom is 0.278 e. The molecule has 0 aromatic rings. The van der Waals surface area contributed by atoms with Gasteiger partial charge in [-0.2, -0.15) is 12.7 Å². The van der Waals surface area contributed by atoms with Crippen molar-refractivity contribution in [3.8, 4) is 0 Å². The van der Waals surface area contributed by atoms with Gasteiger partial charge in [0.25, 0.3) is 10.2 Å². The molecule has 4 nitrogen and oxygen atoms in total. The third-order valence-electron chi connectivity index (χ3n) is 0.739. The summed E-state index contributed by atoms with van der Waals surface area (Å²) in [4.78, 5) is 0. The molecular weight excluding hydrogens is 128 g/mol. The normalized spacial score (nSPS) is 12.5. The maximum absolute atomic E-state index is 10.5. The lowest BCUT2D eigenvalue weighted by Crippen LogP contribution is -2.32. The van der Waals surface area contributed by atoms with E-state index in [0.717, 1.165) is 4.31 Å². The van der Waals surface area contributed by atoms with Crippen LogP contribution in [0.2, 0.25) is 0 Å². The van der Waals surface area contributed by atoms with Crippen LogP contribution in [0.4, 0.5) is 0 Å². The van der Waals surface area contributed by atoms with Crippen LogP contribution in [0.3, 0.4) is 0 Å². The number of nitrogens with one attached hydrogen (secondary N) is 1. The van der Waals surface area contributed by atoms with E-state index in [-0.39, 0.29) is 0 Å². The van der Waals surface area contributed by atoms with Gasteiger partial charge in [0.15, 0.2) is 0 Å². The van der Waals surface area contributed by atoms with Crippen LogP contribution in [0.5, 0.6) is 0 Å². The molecule has 0 heterocycles. The average Bonchev–Trinajstić information content (AvgIpc) is 1.67. The largest absolute Gasteiger partial charge is 0.278 e. The third kappa shape index (κ3) is 1.77. The number of hydrogen-bond donors (Lipinski definition) is 1. The molecule has 0 atom stereocenters. The van der Waals surface area contributed by atoms with Crippen molar-refractivity contribution in [1.82, 2.24) is 9.03 Å². The second kappa shape index (κ2) is 2.43. The lowest BCUT2D eigenvalue weighted by molar-refractivity contribution is 0.512. The van der Waals surface area contributed by atoms with E-state index < -0.39 is 10.2 Å². The first-order chi connectivity index (χ1) is 3.50. The Morgan fingerprint density at radius 3 is 1.75 bits per heavy atom. The van der Waals surface area contributed by atoms with Crippen LogP contribution in [-0.4, -0.2) is 33.9 Å². The van der Waals surface area contributed by atoms with Crippen molar-refractivity contribution in [1.29, 1.82) is 0 Å². The second-order valence-electron chi connectivity index (χ2n) is 1.49. The van der Waals surface area contributed by atoms with Gasteiger partial charge >= 0.3 is 0 Å². The Morgan fingerprint density at radius 1 is 1.38 bits per heavy atom. The zero-order valence-electron chi connectivity index (χ0n) is 5.17. The van der Waals surface area contributed by atoms with E-state index in [1.807, 2.05) is 0 Å². The Hall–Kier alpha value is -0.130. The van der Waals surface area contributed by atoms with E-state index in [0.29, 0.717) is 0 Å². The van der Waals surface area contributed by atoms with Gasteiger partial charge < -0.3 is 0 Å². The summed E-state index contributed by atoms with van der Waals surface area (Å²) in [6, 6.07) is 0. The van der Waals surface area contributed by atoms with Gasteiger partial charge in [0.2, 0.25) is 0 Å². The molecule has 0 spiro atoms. The predicted molar refractivity (Wildman–Crippen MR) is 31.7 cm³/mol. The van der Waals surface area contributed by atoms with Crippen molar-refractivity contribution in [2.75, 3.05) is 21.1 Å². The third-order valence-corrected chi connectivity index (χ3v) is 2.22. The highest BCUT2D eigenvalue weighted by molar-refractivity contribution is 7.87. The molecule has 0 amide bonds. The number of rotatable bonds is 2. The molecule has 0 aliphatic carbocycles. The van der Waals surface area contributed by atoms with Gasteiger partial charge in [0, 0.05) is 21.1 Å². The first kappa shape index (κ1) is 7.87. The van der Waals surface area contributed by atoms with Crippen LogP contribution in [0, 0.1) is 0 Å². The Bertz CT molecular complexity index is 149. The van der Waals surface area contributed by atoms with Crippen LogP contribution in [0.1, 0.15) is 0 Å². The van der Waals surface area contributed by atoms with E-state index in [4.69, 9.17) is 0 Å². The summed E-state index contributed by atoms with van der Waals surface area (Å²) < 4.78 is 24.3. The van der Waals surface area contributed by atoms with Gasteiger partial charge in [-0.05, 0) is 0 Å². The Labute approximate surface area is 49.7 Å². The minimum atomic E-state index is -3.15. The van der Waals surface area contributed by atoms with E-state index in [2.05, 4.69) is 4.72 Å². The van der Waals surface area contributed by atoms with E-state index in [1.54, 1.807) is 0 Å². The van der Waals surface area contributed by atoms with Crippen LogP contribution in [0.25, 0.3) is 0 Å². The monoisotopic (exact) mass is 138 g/mol. The molecule has 0 aliphatic heterocycles. The van der Waals surface area contributed by atoms with Gasteiger partial charge in [0.05, 0.1) is 0 Å². The molecule has 0 saturated carbocycles. The molecule has 8 heavy (non-hydrogen) atoms. The first-order valence-electron chi connectivity index (χ1n) is 2.11. The lowest BCUT2D eigenvalue weighted by Gasteiger charge is -2.07. The quantitative estimate of drug-likeness (QED) is 0.532. The topological polar surface area (TPSA) is 49.4 Å². The zero-order valence-corrected chi connectivity index (χ0v) is 5.99. The molecule has 0 aromatic heterocycles. The fourth-order valence-corrected chi connectivity index (χ4v) is 0.548. The zero-order chi connectivity index (χ0) is 6.78. The Morgan fingerprint density at radius 2 is 1.75 bits per heavy atom. The smallest absolute Gasteiger partial charge is 0.205 e. The summed E-state index contributed by atoms with van der Waals surface area (Å²) in [5.74, 6) is 0. The molecule has 0 rings (SSSR count). The molecule has 0 radical (unpaired) electrons. The molecule has 0 fully saturated rings. The van der Waals surface area contributed by atoms with Gasteiger partial charge in [0.1, 0.15) is 0 Å². The predicted octanol–water partition coefficient (Wildman–Crippen LogP) is -0.988. The SMILES string of the molecule is CNS(=O)(=O)N(C)C. The summed E-state index contributed by atoms with van der Waals surface area (Å²) in [5.41, 5.74) is 0. The molecule has 0 unspecified atom stereocenters. The Kier molecular flexibility index (Phi) is 2.39. The highest BCUT2D eigenvalue weighted by Gasteiger charge is 2.06. The van der Waals surface area contributed by atoms with Crippen molar-refractivity contribution in [3.05, 3.63) is 0 Å². The summed E-state index contributed by atoms with van der Waals surface area (Å²) in [6.45, 7) is 0. The fourth-order valence-electron chi connectivity index (χ4n) is 0.183. The maximum atomic E-state index is 10.5. The minimum absolute atomic E-state index is 1.10. The van der Waals surface area contributed by atoms with Crippen LogP contribution >= 0.6 is 0 Å². The molecule has 50 valence electrons. The molecular formula is C3H10N2O2S. The van der Waals surface area contributed by atoms with Crippen molar-refractivity contribution < 1.29 is 8.42 Å². The molecule has 0 bridgehead atoms. The standard InChI is InChI=1S/C3H10N2O2S/c1-4-8(6,7)5(2)3/h4H,1-3H3. The molecule has 0 aromatic carbocycles. The highest BCUT2D eigenvalue weighted by Crippen LogP contribution is 1.82. The number of nitrogens with zero attached hydrogens (tertiary/aromatic N) is 1.